The molecule has 0 aliphatic carbocycles. The number of likely N-dealkylation sites (N-methyl/N-ethyl adjacent to an activating group) is 1. The van der Waals surface area contributed by atoms with E-state index in [0.29, 0.717) is 6.04 Å². The van der Waals surface area contributed by atoms with Crippen molar-refractivity contribution in [3.05, 3.63) is 34.3 Å². The molecule has 1 aliphatic heterocycles. The summed E-state index contributed by atoms with van der Waals surface area (Å²) >= 11 is 3.61. The normalized spacial score (nSPS) is 20.9. The van der Waals surface area contributed by atoms with Crippen LogP contribution in [0.1, 0.15) is 18.4 Å². The number of hydrogen-bond donors (Lipinski definition) is 1. The molecule has 1 aromatic rings. The second-order valence-corrected chi connectivity index (χ2v) is 5.31. The highest BCUT2D eigenvalue weighted by molar-refractivity contribution is 9.10. The Labute approximate surface area is 118 Å². The quantitative estimate of drug-likeness (QED) is 0.921. The molecule has 1 aliphatic rings. The first-order valence-electron chi connectivity index (χ1n) is 5.92. The van der Waals surface area contributed by atoms with E-state index in [0.717, 1.165) is 13.1 Å². The third-order valence-corrected chi connectivity index (χ3v) is 4.04. The summed E-state index contributed by atoms with van der Waals surface area (Å²) in [6, 6.07) is 9.16. The first kappa shape index (κ1) is 15.0. The summed E-state index contributed by atoms with van der Waals surface area (Å²) in [5.41, 5.74) is 1.39. The van der Waals surface area contributed by atoms with E-state index in [1.807, 2.05) is 0 Å². The third-order valence-electron chi connectivity index (χ3n) is 3.27. The van der Waals surface area contributed by atoms with E-state index in [4.69, 9.17) is 0 Å². The smallest absolute Gasteiger partial charge is 0.0245 e. The van der Waals surface area contributed by atoms with Crippen LogP contribution in [-0.4, -0.2) is 31.1 Å². The van der Waals surface area contributed by atoms with Crippen LogP contribution in [-0.2, 0) is 6.54 Å². The molecule has 1 unspecified atom stereocenters. The van der Waals surface area contributed by atoms with Gasteiger partial charge in [0, 0.05) is 23.6 Å². The van der Waals surface area contributed by atoms with Crippen molar-refractivity contribution < 1.29 is 0 Å². The summed E-state index contributed by atoms with van der Waals surface area (Å²) in [6.07, 6.45) is 2.61. The van der Waals surface area contributed by atoms with Gasteiger partial charge >= 0.3 is 0 Å². The first-order chi connectivity index (χ1) is 7.79. The van der Waals surface area contributed by atoms with Gasteiger partial charge in [-0.25, -0.2) is 0 Å². The van der Waals surface area contributed by atoms with E-state index in [1.54, 1.807) is 0 Å². The Bertz CT molecular complexity index is 346. The van der Waals surface area contributed by atoms with Gasteiger partial charge in [0.25, 0.3) is 0 Å². The number of nitrogens with zero attached hydrogens (tertiary/aromatic N) is 1. The fourth-order valence-electron chi connectivity index (χ4n) is 2.30. The van der Waals surface area contributed by atoms with Crippen molar-refractivity contribution in [2.24, 2.45) is 0 Å². The van der Waals surface area contributed by atoms with Gasteiger partial charge in [-0.05, 0) is 38.1 Å². The minimum Gasteiger partial charge on any atom is -0.316 e. The number of piperidine rings is 1. The lowest BCUT2D eigenvalue weighted by atomic mass is 10.1. The Morgan fingerprint density at radius 3 is 2.88 bits per heavy atom. The van der Waals surface area contributed by atoms with Crippen molar-refractivity contribution in [3.63, 3.8) is 0 Å². The van der Waals surface area contributed by atoms with Gasteiger partial charge in [0.1, 0.15) is 0 Å². The maximum Gasteiger partial charge on any atom is 0.0245 e. The van der Waals surface area contributed by atoms with E-state index in [2.05, 4.69) is 57.5 Å². The SMILES string of the molecule is CNC1CCCN(Cc2ccccc2Br)C1.Cl. The van der Waals surface area contributed by atoms with Crippen LogP contribution in [0.5, 0.6) is 0 Å². The van der Waals surface area contributed by atoms with Crippen LogP contribution >= 0.6 is 28.3 Å². The topological polar surface area (TPSA) is 15.3 Å². The predicted octanol–water partition coefficient (Wildman–Crippen LogP) is 3.05. The van der Waals surface area contributed by atoms with Crippen LogP contribution < -0.4 is 5.32 Å². The molecule has 0 bridgehead atoms. The summed E-state index contributed by atoms with van der Waals surface area (Å²) < 4.78 is 1.22. The molecule has 1 atom stereocenters. The van der Waals surface area contributed by atoms with Crippen molar-refractivity contribution in [3.8, 4) is 0 Å². The van der Waals surface area contributed by atoms with Gasteiger partial charge in [-0.2, -0.15) is 0 Å². The van der Waals surface area contributed by atoms with Gasteiger partial charge in [-0.15, -0.1) is 12.4 Å². The van der Waals surface area contributed by atoms with E-state index in [9.17, 15) is 0 Å². The molecule has 1 aromatic carbocycles. The van der Waals surface area contributed by atoms with Crippen LogP contribution in [0.4, 0.5) is 0 Å². The minimum atomic E-state index is 0. The number of rotatable bonds is 3. The van der Waals surface area contributed by atoms with Gasteiger partial charge in [-0.1, -0.05) is 34.1 Å². The number of benzene rings is 1. The molecule has 0 spiro atoms. The van der Waals surface area contributed by atoms with Crippen molar-refractivity contribution in [1.29, 1.82) is 0 Å². The van der Waals surface area contributed by atoms with Gasteiger partial charge in [0.2, 0.25) is 0 Å². The maximum atomic E-state index is 3.61. The zero-order valence-electron chi connectivity index (χ0n) is 10.2. The summed E-state index contributed by atoms with van der Waals surface area (Å²) in [6.45, 7) is 3.44. The van der Waals surface area contributed by atoms with Crippen LogP contribution in [0.2, 0.25) is 0 Å². The molecule has 4 heteroatoms. The Kier molecular flexibility index (Phi) is 6.49. The Morgan fingerprint density at radius 2 is 2.18 bits per heavy atom. The lowest BCUT2D eigenvalue weighted by Crippen LogP contribution is -2.43. The van der Waals surface area contributed by atoms with E-state index < -0.39 is 0 Å². The fourth-order valence-corrected chi connectivity index (χ4v) is 2.71. The molecule has 0 aromatic heterocycles. The molecule has 0 saturated carbocycles. The average Bonchev–Trinajstić information content (AvgIpc) is 2.32. The molecule has 1 saturated heterocycles. The van der Waals surface area contributed by atoms with Crippen LogP contribution in [0, 0.1) is 0 Å². The van der Waals surface area contributed by atoms with E-state index in [1.165, 1.54) is 29.4 Å². The highest BCUT2D eigenvalue weighted by Gasteiger charge is 2.18. The van der Waals surface area contributed by atoms with Crippen LogP contribution in [0.25, 0.3) is 0 Å². The number of nitrogens with one attached hydrogen (secondary N) is 1. The second-order valence-electron chi connectivity index (χ2n) is 4.45. The highest BCUT2D eigenvalue weighted by Crippen LogP contribution is 2.20. The lowest BCUT2D eigenvalue weighted by Gasteiger charge is -2.32. The molecular weight excluding hydrogens is 300 g/mol. The molecule has 1 heterocycles. The largest absolute Gasteiger partial charge is 0.316 e. The number of halogens is 2. The summed E-state index contributed by atoms with van der Waals surface area (Å²) in [7, 11) is 2.06. The van der Waals surface area contributed by atoms with Crippen LogP contribution in [0.3, 0.4) is 0 Å². The van der Waals surface area contributed by atoms with Gasteiger partial charge in [0.05, 0.1) is 0 Å². The van der Waals surface area contributed by atoms with E-state index in [-0.39, 0.29) is 12.4 Å². The van der Waals surface area contributed by atoms with E-state index >= 15 is 0 Å². The monoisotopic (exact) mass is 318 g/mol. The highest BCUT2D eigenvalue weighted by atomic mass is 79.9. The zero-order chi connectivity index (χ0) is 11.4. The van der Waals surface area contributed by atoms with Crippen molar-refractivity contribution in [2.75, 3.05) is 20.1 Å². The molecule has 96 valence electrons. The Hall–Kier alpha value is -0.0900. The maximum absolute atomic E-state index is 3.61. The Balaban J connectivity index is 0.00000144. The molecule has 0 radical (unpaired) electrons. The predicted molar refractivity (Wildman–Crippen MR) is 78.7 cm³/mol. The van der Waals surface area contributed by atoms with Crippen molar-refractivity contribution >= 4 is 28.3 Å². The lowest BCUT2D eigenvalue weighted by molar-refractivity contribution is 0.187. The van der Waals surface area contributed by atoms with Crippen LogP contribution in [0.15, 0.2) is 28.7 Å². The fraction of sp³-hybridized carbons (Fsp3) is 0.538. The zero-order valence-corrected chi connectivity index (χ0v) is 12.6. The first-order valence-corrected chi connectivity index (χ1v) is 6.72. The van der Waals surface area contributed by atoms with Gasteiger partial charge in [0.15, 0.2) is 0 Å². The molecular formula is C13H20BrClN2. The number of likely N-dealkylation sites (tertiary alicyclic amines) is 1. The number of hydrogen-bond acceptors (Lipinski definition) is 2. The minimum absolute atomic E-state index is 0. The van der Waals surface area contributed by atoms with Crippen molar-refractivity contribution in [1.82, 2.24) is 10.2 Å². The molecule has 1 N–H and O–H groups in total. The molecule has 2 nitrogen and oxygen atoms in total. The second kappa shape index (κ2) is 7.37. The third kappa shape index (κ3) is 4.25. The molecule has 17 heavy (non-hydrogen) atoms. The Morgan fingerprint density at radius 1 is 1.41 bits per heavy atom. The van der Waals surface area contributed by atoms with Crippen molar-refractivity contribution in [2.45, 2.75) is 25.4 Å². The molecule has 1 fully saturated rings. The average molecular weight is 320 g/mol. The van der Waals surface area contributed by atoms with Gasteiger partial charge in [-0.3, -0.25) is 4.90 Å². The summed E-state index contributed by atoms with van der Waals surface area (Å²) in [5.74, 6) is 0. The van der Waals surface area contributed by atoms with Gasteiger partial charge < -0.3 is 5.32 Å². The standard InChI is InChI=1S/C13H19BrN2.ClH/c1-15-12-6-4-8-16(10-12)9-11-5-2-3-7-13(11)14;/h2-3,5,7,12,15H,4,6,8-10H2,1H3;1H. The summed E-state index contributed by atoms with van der Waals surface area (Å²) in [4.78, 5) is 2.53. The summed E-state index contributed by atoms with van der Waals surface area (Å²) in [5, 5.41) is 3.38. The molecule has 2 rings (SSSR count). The molecule has 0 amide bonds.